The number of nitrogens with zero attached hydrogens (tertiary/aromatic N) is 5. The van der Waals surface area contributed by atoms with Crippen LogP contribution in [0.15, 0.2) is 84.3 Å². The van der Waals surface area contributed by atoms with Gasteiger partial charge in [0.05, 0.1) is 5.69 Å². The zero-order valence-corrected chi connectivity index (χ0v) is 20.0. The molecule has 3 heterocycles. The maximum absolute atomic E-state index is 12.9. The lowest BCUT2D eigenvalue weighted by molar-refractivity contribution is -0.111. The van der Waals surface area contributed by atoms with Gasteiger partial charge in [-0.25, -0.2) is 4.98 Å². The van der Waals surface area contributed by atoms with E-state index in [0.717, 1.165) is 31.9 Å². The van der Waals surface area contributed by atoms with Crippen LogP contribution in [0.1, 0.15) is 0 Å². The lowest BCUT2D eigenvalue weighted by Gasteiger charge is -2.34. The number of amides is 1. The summed E-state index contributed by atoms with van der Waals surface area (Å²) in [5.41, 5.74) is 3.39. The molecule has 1 aliphatic heterocycles. The van der Waals surface area contributed by atoms with Crippen LogP contribution in [-0.4, -0.2) is 58.6 Å². The minimum atomic E-state index is -0.329. The molecule has 0 unspecified atom stereocenters. The average molecular weight is 482 g/mol. The molecule has 0 atom stereocenters. The number of hydrogen-bond donors (Lipinski definition) is 2. The molecule has 182 valence electrons. The summed E-state index contributed by atoms with van der Waals surface area (Å²) < 4.78 is 1.50. The number of carbonyl (C=O) groups excluding carboxylic acids is 1. The first-order valence-corrected chi connectivity index (χ1v) is 11.7. The normalized spacial score (nSPS) is 14.0. The van der Waals surface area contributed by atoms with Gasteiger partial charge in [0.2, 0.25) is 11.9 Å². The Morgan fingerprint density at radius 1 is 0.972 bits per heavy atom. The van der Waals surface area contributed by atoms with Crippen molar-refractivity contribution >= 4 is 40.0 Å². The van der Waals surface area contributed by atoms with Gasteiger partial charge in [-0.05, 0) is 61.7 Å². The Balaban J connectivity index is 1.43. The van der Waals surface area contributed by atoms with Crippen molar-refractivity contribution in [2.75, 3.05) is 48.8 Å². The summed E-state index contributed by atoms with van der Waals surface area (Å²) in [5, 5.41) is 6.68. The van der Waals surface area contributed by atoms with Crippen LogP contribution >= 0.6 is 0 Å². The van der Waals surface area contributed by atoms with Crippen molar-refractivity contribution in [1.29, 1.82) is 0 Å². The van der Waals surface area contributed by atoms with Crippen LogP contribution in [0, 0.1) is 0 Å². The lowest BCUT2D eigenvalue weighted by Crippen LogP contribution is -2.44. The summed E-state index contributed by atoms with van der Waals surface area (Å²) >= 11 is 0. The highest BCUT2D eigenvalue weighted by atomic mass is 16.1. The summed E-state index contributed by atoms with van der Waals surface area (Å²) in [6, 6.07) is 18.4. The molecule has 2 N–H and O–H groups in total. The van der Waals surface area contributed by atoms with Crippen molar-refractivity contribution in [3.8, 4) is 5.69 Å². The van der Waals surface area contributed by atoms with Gasteiger partial charge in [-0.2, -0.15) is 4.98 Å². The SMILES string of the molecule is C=CC(=O)Nc1cccc(-n2c(=O)ccc3cnc(Nc4ccc(N5CCN(C)CC5)cc4)nc32)c1. The topological polar surface area (TPSA) is 95.4 Å². The van der Waals surface area contributed by atoms with Crippen LogP contribution in [0.3, 0.4) is 0 Å². The second kappa shape index (κ2) is 10.0. The molecule has 1 fully saturated rings. The van der Waals surface area contributed by atoms with Crippen molar-refractivity contribution in [3.05, 3.63) is 89.9 Å². The number of piperazine rings is 1. The van der Waals surface area contributed by atoms with Crippen LogP contribution in [0.2, 0.25) is 0 Å². The van der Waals surface area contributed by atoms with Gasteiger partial charge < -0.3 is 20.4 Å². The minimum absolute atomic E-state index is 0.240. The Kier molecular flexibility index (Phi) is 6.46. The van der Waals surface area contributed by atoms with Crippen LogP contribution in [0.5, 0.6) is 0 Å². The van der Waals surface area contributed by atoms with E-state index < -0.39 is 0 Å². The van der Waals surface area contributed by atoms with Crippen LogP contribution in [-0.2, 0) is 4.79 Å². The molecule has 1 amide bonds. The molecule has 9 heteroatoms. The van der Waals surface area contributed by atoms with Crippen molar-refractivity contribution in [3.63, 3.8) is 0 Å². The van der Waals surface area contributed by atoms with Crippen molar-refractivity contribution in [2.24, 2.45) is 0 Å². The number of nitrogens with one attached hydrogen (secondary N) is 2. The van der Waals surface area contributed by atoms with Crippen LogP contribution in [0.4, 0.5) is 23.0 Å². The molecule has 2 aromatic carbocycles. The highest BCUT2D eigenvalue weighted by molar-refractivity contribution is 5.99. The van der Waals surface area contributed by atoms with Crippen molar-refractivity contribution in [2.45, 2.75) is 0 Å². The molecule has 1 saturated heterocycles. The maximum atomic E-state index is 12.9. The van der Waals surface area contributed by atoms with E-state index in [9.17, 15) is 9.59 Å². The van der Waals surface area contributed by atoms with E-state index in [-0.39, 0.29) is 11.5 Å². The fraction of sp³-hybridized carbons (Fsp3) is 0.185. The van der Waals surface area contributed by atoms with Gasteiger partial charge in [0.15, 0.2) is 5.65 Å². The molecular formula is C27H27N7O2. The molecule has 36 heavy (non-hydrogen) atoms. The van der Waals surface area contributed by atoms with Gasteiger partial charge in [0.1, 0.15) is 0 Å². The molecule has 5 rings (SSSR count). The Bertz CT molecular complexity index is 1470. The predicted octanol–water partition coefficient (Wildman–Crippen LogP) is 3.40. The quantitative estimate of drug-likeness (QED) is 0.408. The number of benzene rings is 2. The number of hydrogen-bond acceptors (Lipinski definition) is 7. The molecule has 0 saturated carbocycles. The van der Waals surface area contributed by atoms with Crippen LogP contribution < -0.4 is 21.1 Å². The second-order valence-corrected chi connectivity index (χ2v) is 8.69. The number of rotatable bonds is 6. The Hall–Kier alpha value is -4.50. The number of pyridine rings is 1. The lowest BCUT2D eigenvalue weighted by atomic mass is 10.2. The largest absolute Gasteiger partial charge is 0.369 e. The standard InChI is InChI=1S/C27H27N7O2/c1-3-24(35)29-21-5-4-6-23(17-21)34-25(36)12-7-19-18-28-27(31-26(19)34)30-20-8-10-22(11-9-20)33-15-13-32(2)14-16-33/h3-12,17-18H,1,13-16H2,2H3,(H,29,35)(H,28,30,31). The number of carbonyl (C=O) groups is 1. The van der Waals surface area contributed by atoms with Crippen molar-refractivity contribution in [1.82, 2.24) is 19.4 Å². The van der Waals surface area contributed by atoms with E-state index in [2.05, 4.69) is 56.2 Å². The van der Waals surface area contributed by atoms with E-state index in [0.29, 0.717) is 28.4 Å². The Labute approximate surface area is 208 Å². The first-order valence-electron chi connectivity index (χ1n) is 11.7. The number of aromatic nitrogens is 3. The fourth-order valence-electron chi connectivity index (χ4n) is 4.19. The molecule has 4 aromatic rings. The maximum Gasteiger partial charge on any atom is 0.256 e. The zero-order valence-electron chi connectivity index (χ0n) is 20.0. The summed E-state index contributed by atoms with van der Waals surface area (Å²) in [6.45, 7) is 7.59. The van der Waals surface area contributed by atoms with Gasteiger partial charge in [0.25, 0.3) is 5.56 Å². The Morgan fingerprint density at radius 3 is 2.50 bits per heavy atom. The number of likely N-dealkylation sites (N-methyl/N-ethyl adjacent to an activating group) is 1. The third kappa shape index (κ3) is 4.96. The first-order chi connectivity index (χ1) is 17.5. The summed E-state index contributed by atoms with van der Waals surface area (Å²) in [6.07, 6.45) is 2.88. The van der Waals surface area contributed by atoms with E-state index in [4.69, 9.17) is 0 Å². The van der Waals surface area contributed by atoms with E-state index in [1.165, 1.54) is 22.4 Å². The molecule has 2 aromatic heterocycles. The van der Waals surface area contributed by atoms with E-state index >= 15 is 0 Å². The van der Waals surface area contributed by atoms with Gasteiger partial charge in [-0.15, -0.1) is 0 Å². The summed E-state index contributed by atoms with van der Waals surface area (Å²) in [7, 11) is 2.14. The smallest absolute Gasteiger partial charge is 0.256 e. The number of fused-ring (bicyclic) bond motifs is 1. The zero-order chi connectivity index (χ0) is 25.1. The molecule has 0 spiro atoms. The van der Waals surface area contributed by atoms with Gasteiger partial charge in [-0.3, -0.25) is 14.2 Å². The third-order valence-electron chi connectivity index (χ3n) is 6.18. The fourth-order valence-corrected chi connectivity index (χ4v) is 4.19. The monoisotopic (exact) mass is 481 g/mol. The third-order valence-corrected chi connectivity index (χ3v) is 6.18. The number of anilines is 4. The van der Waals surface area contributed by atoms with Crippen LogP contribution in [0.25, 0.3) is 16.7 Å². The Morgan fingerprint density at radius 2 is 1.75 bits per heavy atom. The van der Waals surface area contributed by atoms with Gasteiger partial charge in [0, 0.05) is 60.9 Å². The molecule has 1 aliphatic rings. The molecule has 0 aliphatic carbocycles. The summed E-state index contributed by atoms with van der Waals surface area (Å²) in [5.74, 6) is 0.0511. The van der Waals surface area contributed by atoms with Gasteiger partial charge >= 0.3 is 0 Å². The van der Waals surface area contributed by atoms with Crippen molar-refractivity contribution < 1.29 is 4.79 Å². The molecule has 0 bridgehead atoms. The molecular weight excluding hydrogens is 454 g/mol. The summed E-state index contributed by atoms with van der Waals surface area (Å²) in [4.78, 5) is 38.4. The van der Waals surface area contributed by atoms with E-state index in [1.54, 1.807) is 36.5 Å². The average Bonchev–Trinajstić information content (AvgIpc) is 2.89. The van der Waals surface area contributed by atoms with E-state index in [1.807, 2.05) is 12.1 Å². The van der Waals surface area contributed by atoms with Gasteiger partial charge in [-0.1, -0.05) is 12.6 Å². The predicted molar refractivity (Wildman–Crippen MR) is 143 cm³/mol. The highest BCUT2D eigenvalue weighted by Gasteiger charge is 2.14. The first kappa shape index (κ1) is 23.3. The minimum Gasteiger partial charge on any atom is -0.369 e. The highest BCUT2D eigenvalue weighted by Crippen LogP contribution is 2.23. The molecule has 9 nitrogen and oxygen atoms in total. The second-order valence-electron chi connectivity index (χ2n) is 8.69. The molecule has 0 radical (unpaired) electrons.